The van der Waals surface area contributed by atoms with Crippen LogP contribution in [0.1, 0.15) is 31.7 Å². The van der Waals surface area contributed by atoms with Crippen molar-refractivity contribution in [2.45, 2.75) is 38.1 Å². The van der Waals surface area contributed by atoms with Crippen LogP contribution in [0.15, 0.2) is 47.4 Å². The molecule has 1 heterocycles. The van der Waals surface area contributed by atoms with Crippen molar-refractivity contribution in [3.05, 3.63) is 53.9 Å². The van der Waals surface area contributed by atoms with Crippen molar-refractivity contribution in [3.8, 4) is 0 Å². The second-order valence-corrected chi connectivity index (χ2v) is 10.6. The molecule has 0 bridgehead atoms. The van der Waals surface area contributed by atoms with Crippen LogP contribution < -0.4 is 4.90 Å². The van der Waals surface area contributed by atoms with Gasteiger partial charge < -0.3 is 14.4 Å². The summed E-state index contributed by atoms with van der Waals surface area (Å²) in [6.45, 7) is 5.03. The van der Waals surface area contributed by atoms with Gasteiger partial charge in [-0.1, -0.05) is 26.0 Å². The molecule has 0 aliphatic carbocycles. The SMILES string of the molecule is CCN(CC)S(=O)(=O)c1ccc2c(c1)nc(CCC(=O)N(C)Cc1ccc(N(C)C)cc1)n2C. The Morgan fingerprint density at radius 3 is 2.24 bits per heavy atom. The number of sulfonamides is 1. The molecule has 2 aromatic carbocycles. The van der Waals surface area contributed by atoms with E-state index in [1.165, 1.54) is 4.31 Å². The Morgan fingerprint density at radius 2 is 1.65 bits per heavy atom. The fraction of sp³-hybridized carbons (Fsp3) is 0.440. The highest BCUT2D eigenvalue weighted by atomic mass is 32.2. The Balaban J connectivity index is 1.69. The number of fused-ring (bicyclic) bond motifs is 1. The summed E-state index contributed by atoms with van der Waals surface area (Å²) < 4.78 is 29.1. The molecule has 0 aliphatic rings. The molecule has 0 radical (unpaired) electrons. The first-order chi connectivity index (χ1) is 16.1. The van der Waals surface area contributed by atoms with Crippen molar-refractivity contribution in [2.24, 2.45) is 7.05 Å². The molecule has 0 N–H and O–H groups in total. The van der Waals surface area contributed by atoms with Gasteiger partial charge in [-0.15, -0.1) is 0 Å². The lowest BCUT2D eigenvalue weighted by Gasteiger charge is -2.18. The number of nitrogens with zero attached hydrogens (tertiary/aromatic N) is 5. The summed E-state index contributed by atoms with van der Waals surface area (Å²) in [4.78, 5) is 21.4. The molecule has 34 heavy (non-hydrogen) atoms. The molecule has 0 unspecified atom stereocenters. The molecule has 184 valence electrons. The summed E-state index contributed by atoms with van der Waals surface area (Å²) >= 11 is 0. The topological polar surface area (TPSA) is 78.8 Å². The van der Waals surface area contributed by atoms with E-state index in [1.807, 2.05) is 75.8 Å². The summed E-state index contributed by atoms with van der Waals surface area (Å²) in [5.41, 5.74) is 3.65. The molecule has 1 aromatic heterocycles. The molecule has 8 nitrogen and oxygen atoms in total. The van der Waals surface area contributed by atoms with Crippen molar-refractivity contribution in [2.75, 3.05) is 39.1 Å². The van der Waals surface area contributed by atoms with Crippen LogP contribution >= 0.6 is 0 Å². The third-order valence-corrected chi connectivity index (χ3v) is 8.19. The van der Waals surface area contributed by atoms with Gasteiger partial charge in [0.1, 0.15) is 5.82 Å². The van der Waals surface area contributed by atoms with Crippen LogP contribution in [0.4, 0.5) is 5.69 Å². The molecule has 0 fully saturated rings. The molecule has 3 rings (SSSR count). The predicted molar refractivity (Wildman–Crippen MR) is 136 cm³/mol. The normalized spacial score (nSPS) is 11.9. The number of aromatic nitrogens is 2. The lowest BCUT2D eigenvalue weighted by Crippen LogP contribution is -2.30. The van der Waals surface area contributed by atoms with Crippen LogP contribution in [-0.4, -0.2) is 67.3 Å². The smallest absolute Gasteiger partial charge is 0.243 e. The number of imidazole rings is 1. The van der Waals surface area contributed by atoms with Gasteiger partial charge in [0.25, 0.3) is 0 Å². The average molecular weight is 486 g/mol. The predicted octanol–water partition coefficient (Wildman–Crippen LogP) is 3.26. The van der Waals surface area contributed by atoms with Crippen LogP contribution in [0.3, 0.4) is 0 Å². The van der Waals surface area contributed by atoms with Crippen LogP contribution in [0.2, 0.25) is 0 Å². The first kappa shape index (κ1) is 25.7. The van der Waals surface area contributed by atoms with Crippen LogP contribution in [0, 0.1) is 0 Å². The Hall–Kier alpha value is -2.91. The summed E-state index contributed by atoms with van der Waals surface area (Å²) in [5, 5.41) is 0. The lowest BCUT2D eigenvalue weighted by atomic mass is 10.2. The van der Waals surface area contributed by atoms with Crippen molar-refractivity contribution in [1.29, 1.82) is 0 Å². The fourth-order valence-corrected chi connectivity index (χ4v) is 5.48. The Bertz CT molecular complexity index is 1250. The van der Waals surface area contributed by atoms with Crippen LogP contribution in [0.5, 0.6) is 0 Å². The lowest BCUT2D eigenvalue weighted by molar-refractivity contribution is -0.130. The van der Waals surface area contributed by atoms with Gasteiger partial charge in [0, 0.05) is 66.4 Å². The van der Waals surface area contributed by atoms with E-state index >= 15 is 0 Å². The van der Waals surface area contributed by atoms with E-state index in [4.69, 9.17) is 0 Å². The summed E-state index contributed by atoms with van der Waals surface area (Å²) in [7, 11) is 4.14. The minimum Gasteiger partial charge on any atom is -0.378 e. The molecule has 9 heteroatoms. The van der Waals surface area contributed by atoms with Gasteiger partial charge in [-0.3, -0.25) is 4.79 Å². The van der Waals surface area contributed by atoms with E-state index < -0.39 is 10.0 Å². The standard InChI is InChI=1S/C25H35N5O3S/c1-7-30(8-2)34(32,33)21-13-14-23-22(17-21)26-24(29(23)6)15-16-25(31)28(5)18-19-9-11-20(12-10-19)27(3)4/h9-14,17H,7-8,15-16,18H2,1-6H3. The Kier molecular flexibility index (Phi) is 7.99. The van der Waals surface area contributed by atoms with E-state index in [0.29, 0.717) is 38.0 Å². The number of amides is 1. The largest absolute Gasteiger partial charge is 0.378 e. The molecule has 3 aromatic rings. The first-order valence-corrected chi connectivity index (χ1v) is 13.0. The maximum absolute atomic E-state index is 12.9. The number of anilines is 1. The molecule has 0 saturated heterocycles. The second kappa shape index (κ2) is 10.6. The Morgan fingerprint density at radius 1 is 1.00 bits per heavy atom. The molecule has 1 amide bonds. The van der Waals surface area contributed by atoms with Gasteiger partial charge >= 0.3 is 0 Å². The van der Waals surface area contributed by atoms with Crippen molar-refractivity contribution in [1.82, 2.24) is 18.8 Å². The molecular weight excluding hydrogens is 450 g/mol. The summed E-state index contributed by atoms with van der Waals surface area (Å²) in [6, 6.07) is 13.2. The van der Waals surface area contributed by atoms with Gasteiger partial charge in [-0.2, -0.15) is 4.31 Å². The highest BCUT2D eigenvalue weighted by Crippen LogP contribution is 2.23. The van der Waals surface area contributed by atoms with Crippen molar-refractivity contribution < 1.29 is 13.2 Å². The zero-order valence-corrected chi connectivity index (χ0v) is 21.8. The minimum absolute atomic E-state index is 0.0357. The average Bonchev–Trinajstić information content (AvgIpc) is 3.13. The molecule has 0 spiro atoms. The third-order valence-electron chi connectivity index (χ3n) is 6.15. The minimum atomic E-state index is -3.55. The monoisotopic (exact) mass is 485 g/mol. The number of carbonyl (C=O) groups is 1. The molecule has 0 atom stereocenters. The summed E-state index contributed by atoms with van der Waals surface area (Å²) in [5.74, 6) is 0.790. The van der Waals surface area contributed by atoms with Crippen molar-refractivity contribution in [3.63, 3.8) is 0 Å². The quantitative estimate of drug-likeness (QED) is 0.440. The van der Waals surface area contributed by atoms with Gasteiger partial charge in [-0.05, 0) is 35.9 Å². The van der Waals surface area contributed by atoms with E-state index in [0.717, 1.165) is 22.6 Å². The number of carbonyl (C=O) groups excluding carboxylic acids is 1. The highest BCUT2D eigenvalue weighted by Gasteiger charge is 2.23. The summed E-state index contributed by atoms with van der Waals surface area (Å²) in [6.07, 6.45) is 0.806. The van der Waals surface area contributed by atoms with Crippen LogP contribution in [0.25, 0.3) is 11.0 Å². The van der Waals surface area contributed by atoms with E-state index in [9.17, 15) is 13.2 Å². The number of benzene rings is 2. The zero-order valence-electron chi connectivity index (χ0n) is 20.9. The van der Waals surface area contributed by atoms with Gasteiger partial charge in [-0.25, -0.2) is 13.4 Å². The van der Waals surface area contributed by atoms with Gasteiger partial charge in [0.05, 0.1) is 15.9 Å². The Labute approximate surface area is 202 Å². The van der Waals surface area contributed by atoms with Crippen LogP contribution in [-0.2, 0) is 34.8 Å². The maximum Gasteiger partial charge on any atom is 0.243 e. The number of hydrogen-bond donors (Lipinski definition) is 0. The number of rotatable bonds is 10. The van der Waals surface area contributed by atoms with E-state index in [2.05, 4.69) is 4.98 Å². The first-order valence-electron chi connectivity index (χ1n) is 11.5. The fourth-order valence-electron chi connectivity index (χ4n) is 4.00. The zero-order chi connectivity index (χ0) is 25.0. The molecule has 0 saturated carbocycles. The van der Waals surface area contributed by atoms with E-state index in [-0.39, 0.29) is 10.8 Å². The van der Waals surface area contributed by atoms with E-state index in [1.54, 1.807) is 23.1 Å². The molecular formula is C25H35N5O3S. The third kappa shape index (κ3) is 5.42. The molecule has 0 aliphatic heterocycles. The van der Waals surface area contributed by atoms with Crippen molar-refractivity contribution >= 4 is 32.7 Å². The van der Waals surface area contributed by atoms with Gasteiger partial charge in [0.15, 0.2) is 0 Å². The number of hydrogen-bond acceptors (Lipinski definition) is 5. The second-order valence-electron chi connectivity index (χ2n) is 8.64. The maximum atomic E-state index is 12.9. The van der Waals surface area contributed by atoms with Gasteiger partial charge in [0.2, 0.25) is 15.9 Å². The number of aryl methyl sites for hydroxylation is 2. The highest BCUT2D eigenvalue weighted by molar-refractivity contribution is 7.89.